The van der Waals surface area contributed by atoms with Crippen molar-refractivity contribution < 1.29 is 0 Å². The number of thiazole rings is 1. The molecular formula is C8H12N2S2. The zero-order valence-electron chi connectivity index (χ0n) is 6.77. The molecule has 12 heavy (non-hydrogen) atoms. The summed E-state index contributed by atoms with van der Waals surface area (Å²) in [6.07, 6.45) is 3.09. The monoisotopic (exact) mass is 200 g/mol. The maximum absolute atomic E-state index is 6.08. The van der Waals surface area contributed by atoms with Crippen molar-refractivity contribution in [1.82, 2.24) is 4.98 Å². The first-order valence-electron chi connectivity index (χ1n) is 4.10. The summed E-state index contributed by atoms with van der Waals surface area (Å²) in [7, 11) is 0. The smallest absolute Gasteiger partial charge is 0.110 e. The van der Waals surface area contributed by atoms with E-state index in [0.717, 1.165) is 5.01 Å². The lowest BCUT2D eigenvalue weighted by molar-refractivity contribution is 0.480. The normalized spacial score (nSPS) is 25.9. The lowest BCUT2D eigenvalue weighted by atomic mass is 10.0. The molecule has 4 heteroatoms. The Labute approximate surface area is 80.6 Å². The van der Waals surface area contributed by atoms with Crippen LogP contribution in [0.2, 0.25) is 0 Å². The summed E-state index contributed by atoms with van der Waals surface area (Å²) in [5, 5.41) is 3.10. The summed E-state index contributed by atoms with van der Waals surface area (Å²) in [6.45, 7) is 0. The fourth-order valence-electron chi connectivity index (χ4n) is 1.44. The van der Waals surface area contributed by atoms with Gasteiger partial charge in [-0.2, -0.15) is 11.8 Å². The topological polar surface area (TPSA) is 38.9 Å². The molecule has 0 radical (unpaired) electrons. The van der Waals surface area contributed by atoms with Crippen molar-refractivity contribution in [2.24, 2.45) is 11.7 Å². The molecule has 2 N–H and O–H groups in total. The van der Waals surface area contributed by atoms with Gasteiger partial charge in [-0.3, -0.25) is 0 Å². The van der Waals surface area contributed by atoms with Crippen LogP contribution in [-0.4, -0.2) is 16.5 Å². The third kappa shape index (κ3) is 1.65. The average Bonchev–Trinajstić information content (AvgIpc) is 2.77. The SMILES string of the molecule is NC(c1nccs1)C1CCSC1. The molecule has 2 unspecified atom stereocenters. The van der Waals surface area contributed by atoms with Crippen LogP contribution in [0.25, 0.3) is 0 Å². The predicted molar refractivity (Wildman–Crippen MR) is 54.5 cm³/mol. The van der Waals surface area contributed by atoms with Gasteiger partial charge in [0.25, 0.3) is 0 Å². The number of nitrogens with two attached hydrogens (primary N) is 1. The minimum Gasteiger partial charge on any atom is -0.322 e. The van der Waals surface area contributed by atoms with E-state index in [2.05, 4.69) is 4.98 Å². The van der Waals surface area contributed by atoms with Gasteiger partial charge in [0, 0.05) is 11.6 Å². The van der Waals surface area contributed by atoms with Crippen molar-refractivity contribution in [1.29, 1.82) is 0 Å². The van der Waals surface area contributed by atoms with Gasteiger partial charge in [0.05, 0.1) is 6.04 Å². The van der Waals surface area contributed by atoms with Gasteiger partial charge in [0.1, 0.15) is 5.01 Å². The van der Waals surface area contributed by atoms with E-state index < -0.39 is 0 Å². The van der Waals surface area contributed by atoms with Crippen molar-refractivity contribution in [3.8, 4) is 0 Å². The molecule has 1 aliphatic rings. The van der Waals surface area contributed by atoms with E-state index in [4.69, 9.17) is 5.73 Å². The fourth-order valence-corrected chi connectivity index (χ4v) is 3.48. The van der Waals surface area contributed by atoms with Crippen LogP contribution in [0.15, 0.2) is 11.6 Å². The molecule has 2 nitrogen and oxygen atoms in total. The van der Waals surface area contributed by atoms with Crippen molar-refractivity contribution >= 4 is 23.1 Å². The van der Waals surface area contributed by atoms with Gasteiger partial charge in [-0.15, -0.1) is 11.3 Å². The van der Waals surface area contributed by atoms with Crippen LogP contribution in [0.4, 0.5) is 0 Å². The second-order valence-corrected chi connectivity index (χ2v) is 5.10. The number of thioether (sulfide) groups is 1. The molecule has 0 aliphatic carbocycles. The lowest BCUT2D eigenvalue weighted by Crippen LogP contribution is -2.20. The third-order valence-electron chi connectivity index (χ3n) is 2.21. The van der Waals surface area contributed by atoms with Crippen molar-refractivity contribution in [3.63, 3.8) is 0 Å². The Morgan fingerprint density at radius 2 is 2.58 bits per heavy atom. The first kappa shape index (κ1) is 8.53. The predicted octanol–water partition coefficient (Wildman–Crippen LogP) is 1.90. The molecule has 1 aromatic rings. The van der Waals surface area contributed by atoms with Crippen molar-refractivity contribution in [2.75, 3.05) is 11.5 Å². The Morgan fingerprint density at radius 1 is 1.67 bits per heavy atom. The summed E-state index contributed by atoms with van der Waals surface area (Å²) in [4.78, 5) is 4.24. The summed E-state index contributed by atoms with van der Waals surface area (Å²) < 4.78 is 0. The van der Waals surface area contributed by atoms with E-state index in [1.165, 1.54) is 17.9 Å². The summed E-state index contributed by atoms with van der Waals surface area (Å²) in [6, 6.07) is 0.181. The van der Waals surface area contributed by atoms with Gasteiger partial charge in [0.2, 0.25) is 0 Å². The number of rotatable bonds is 2. The van der Waals surface area contributed by atoms with E-state index in [9.17, 15) is 0 Å². The van der Waals surface area contributed by atoms with Gasteiger partial charge in [-0.1, -0.05) is 0 Å². The lowest BCUT2D eigenvalue weighted by Gasteiger charge is -2.14. The van der Waals surface area contributed by atoms with E-state index >= 15 is 0 Å². The number of nitrogens with zero attached hydrogens (tertiary/aromatic N) is 1. The van der Waals surface area contributed by atoms with E-state index in [1.54, 1.807) is 11.3 Å². The van der Waals surface area contributed by atoms with E-state index in [-0.39, 0.29) is 6.04 Å². The summed E-state index contributed by atoms with van der Waals surface area (Å²) in [5.74, 6) is 3.13. The first-order valence-corrected chi connectivity index (χ1v) is 6.14. The standard InChI is InChI=1S/C8H12N2S2/c9-7(6-1-3-11-5-6)8-10-2-4-12-8/h2,4,6-7H,1,3,5,9H2. The molecule has 1 aliphatic heterocycles. The summed E-state index contributed by atoms with van der Waals surface area (Å²) in [5.41, 5.74) is 6.08. The van der Waals surface area contributed by atoms with Gasteiger partial charge >= 0.3 is 0 Å². The molecule has 1 saturated heterocycles. The van der Waals surface area contributed by atoms with E-state index in [1.807, 2.05) is 23.3 Å². The molecule has 1 fully saturated rings. The molecule has 2 heterocycles. The highest BCUT2D eigenvalue weighted by Crippen LogP contribution is 2.33. The molecule has 2 rings (SSSR count). The van der Waals surface area contributed by atoms with Crippen LogP contribution >= 0.6 is 23.1 Å². The third-order valence-corrected chi connectivity index (χ3v) is 4.27. The highest BCUT2D eigenvalue weighted by molar-refractivity contribution is 7.99. The highest BCUT2D eigenvalue weighted by atomic mass is 32.2. The number of hydrogen-bond acceptors (Lipinski definition) is 4. The van der Waals surface area contributed by atoms with Gasteiger partial charge in [0.15, 0.2) is 0 Å². The minimum absolute atomic E-state index is 0.181. The molecule has 0 saturated carbocycles. The van der Waals surface area contributed by atoms with Crippen LogP contribution in [-0.2, 0) is 0 Å². The Kier molecular flexibility index (Phi) is 2.68. The number of hydrogen-bond donors (Lipinski definition) is 1. The second-order valence-electron chi connectivity index (χ2n) is 3.02. The molecule has 1 aromatic heterocycles. The van der Waals surface area contributed by atoms with Crippen LogP contribution in [0.3, 0.4) is 0 Å². The van der Waals surface area contributed by atoms with E-state index in [0.29, 0.717) is 5.92 Å². The molecule has 0 aromatic carbocycles. The Hall–Kier alpha value is -0.0600. The zero-order chi connectivity index (χ0) is 8.39. The molecule has 0 spiro atoms. The Bertz CT molecular complexity index is 229. The van der Waals surface area contributed by atoms with Crippen LogP contribution in [0, 0.1) is 5.92 Å². The maximum Gasteiger partial charge on any atom is 0.110 e. The maximum atomic E-state index is 6.08. The Balaban J connectivity index is 2.04. The zero-order valence-corrected chi connectivity index (χ0v) is 8.40. The second kappa shape index (κ2) is 3.77. The van der Waals surface area contributed by atoms with Crippen LogP contribution < -0.4 is 5.73 Å². The van der Waals surface area contributed by atoms with Gasteiger partial charge in [-0.25, -0.2) is 4.98 Å². The molecule has 66 valence electrons. The molecular weight excluding hydrogens is 188 g/mol. The highest BCUT2D eigenvalue weighted by Gasteiger charge is 2.24. The molecule has 2 atom stereocenters. The first-order chi connectivity index (χ1) is 5.88. The Morgan fingerprint density at radius 3 is 3.17 bits per heavy atom. The molecule has 0 bridgehead atoms. The minimum atomic E-state index is 0.181. The number of aromatic nitrogens is 1. The van der Waals surface area contributed by atoms with Crippen molar-refractivity contribution in [2.45, 2.75) is 12.5 Å². The largest absolute Gasteiger partial charge is 0.322 e. The van der Waals surface area contributed by atoms with Gasteiger partial charge in [-0.05, 0) is 23.8 Å². The van der Waals surface area contributed by atoms with Gasteiger partial charge < -0.3 is 5.73 Å². The average molecular weight is 200 g/mol. The van der Waals surface area contributed by atoms with Crippen LogP contribution in [0.5, 0.6) is 0 Å². The van der Waals surface area contributed by atoms with Crippen LogP contribution in [0.1, 0.15) is 17.5 Å². The quantitative estimate of drug-likeness (QED) is 0.792. The molecule has 0 amide bonds. The van der Waals surface area contributed by atoms with Crippen molar-refractivity contribution in [3.05, 3.63) is 16.6 Å². The summed E-state index contributed by atoms with van der Waals surface area (Å²) >= 11 is 3.68. The fraction of sp³-hybridized carbons (Fsp3) is 0.625.